The average molecular weight is 389 g/mol. The zero-order valence-corrected chi connectivity index (χ0v) is 17.1. The summed E-state index contributed by atoms with van der Waals surface area (Å²) in [6.07, 6.45) is 3.35. The lowest BCUT2D eigenvalue weighted by Gasteiger charge is -2.22. The smallest absolute Gasteiger partial charge is 0.255 e. The van der Waals surface area contributed by atoms with Crippen LogP contribution in [0.25, 0.3) is 0 Å². The van der Waals surface area contributed by atoms with Gasteiger partial charge in [-0.25, -0.2) is 8.42 Å². The number of rotatable bonds is 9. The van der Waals surface area contributed by atoms with Crippen molar-refractivity contribution in [2.45, 2.75) is 40.0 Å². The van der Waals surface area contributed by atoms with Crippen LogP contribution < -0.4 is 9.62 Å². The normalized spacial score (nSPS) is 11.2. The Morgan fingerprint density at radius 3 is 2.11 bits per heavy atom. The number of carbonyl (C=O) groups excluding carboxylic acids is 1. The van der Waals surface area contributed by atoms with Crippen LogP contribution in [0.4, 0.5) is 11.4 Å². The maximum absolute atomic E-state index is 12.4. The Balaban J connectivity index is 2.07. The minimum absolute atomic E-state index is 0.0390. The first-order chi connectivity index (χ1) is 12.9. The standard InChI is InChI=1S/C21H28N2O3S/c1-4-7-8-17-9-13-19(14-10-17)22-21(24)18-11-15-20(16-12-18)23(5-2)27(25,26)6-3/h9-16H,4-8H2,1-3H3,(H,22,24). The molecule has 2 aromatic rings. The number of aryl methyl sites for hydroxylation is 1. The fourth-order valence-electron chi connectivity index (χ4n) is 2.81. The number of amides is 1. The zero-order valence-electron chi connectivity index (χ0n) is 16.2. The number of nitrogens with one attached hydrogen (secondary N) is 1. The largest absolute Gasteiger partial charge is 0.322 e. The third-order valence-corrected chi connectivity index (χ3v) is 6.31. The lowest BCUT2D eigenvalue weighted by atomic mass is 10.1. The monoisotopic (exact) mass is 388 g/mol. The van der Waals surface area contributed by atoms with E-state index < -0.39 is 10.0 Å². The van der Waals surface area contributed by atoms with Gasteiger partial charge in [-0.3, -0.25) is 9.10 Å². The molecule has 146 valence electrons. The molecule has 0 fully saturated rings. The highest BCUT2D eigenvalue weighted by Crippen LogP contribution is 2.20. The second-order valence-corrected chi connectivity index (χ2v) is 8.55. The van der Waals surface area contributed by atoms with Gasteiger partial charge >= 0.3 is 0 Å². The molecule has 1 N–H and O–H groups in total. The van der Waals surface area contributed by atoms with Crippen LogP contribution >= 0.6 is 0 Å². The third kappa shape index (κ3) is 5.57. The summed E-state index contributed by atoms with van der Waals surface area (Å²) in [6, 6.07) is 14.5. The molecule has 0 aromatic heterocycles. The maximum Gasteiger partial charge on any atom is 0.255 e. The third-order valence-electron chi connectivity index (χ3n) is 4.44. The molecule has 2 aromatic carbocycles. The molecule has 27 heavy (non-hydrogen) atoms. The molecule has 0 saturated heterocycles. The molecule has 0 aliphatic heterocycles. The molecule has 0 atom stereocenters. The van der Waals surface area contributed by atoms with Gasteiger partial charge in [-0.1, -0.05) is 25.5 Å². The van der Waals surface area contributed by atoms with Crippen molar-refractivity contribution in [1.29, 1.82) is 0 Å². The quantitative estimate of drug-likeness (QED) is 0.690. The molecule has 0 aliphatic carbocycles. The molecule has 0 unspecified atom stereocenters. The first-order valence-corrected chi connectivity index (χ1v) is 11.0. The van der Waals surface area contributed by atoms with Crippen molar-refractivity contribution in [2.24, 2.45) is 0 Å². The highest BCUT2D eigenvalue weighted by atomic mass is 32.2. The fraction of sp³-hybridized carbons (Fsp3) is 0.381. The lowest BCUT2D eigenvalue weighted by Crippen LogP contribution is -2.32. The number of carbonyl (C=O) groups is 1. The van der Waals surface area contributed by atoms with Crippen molar-refractivity contribution in [3.8, 4) is 0 Å². The van der Waals surface area contributed by atoms with E-state index >= 15 is 0 Å². The number of hydrogen-bond acceptors (Lipinski definition) is 3. The first kappa shape index (κ1) is 21.0. The van der Waals surface area contributed by atoms with Crippen LogP contribution in [0, 0.1) is 0 Å². The molecular formula is C21H28N2O3S. The second kappa shape index (κ2) is 9.55. The topological polar surface area (TPSA) is 66.5 Å². The average Bonchev–Trinajstić information content (AvgIpc) is 2.68. The Morgan fingerprint density at radius 2 is 1.59 bits per heavy atom. The zero-order chi connectivity index (χ0) is 19.9. The number of benzene rings is 2. The van der Waals surface area contributed by atoms with Gasteiger partial charge in [-0.2, -0.15) is 0 Å². The minimum Gasteiger partial charge on any atom is -0.322 e. The molecule has 0 radical (unpaired) electrons. The number of anilines is 2. The maximum atomic E-state index is 12.4. The van der Waals surface area contributed by atoms with Crippen molar-refractivity contribution in [2.75, 3.05) is 21.9 Å². The summed E-state index contributed by atoms with van der Waals surface area (Å²) in [4.78, 5) is 12.4. The molecular weight excluding hydrogens is 360 g/mol. The highest BCUT2D eigenvalue weighted by Gasteiger charge is 2.19. The Labute approximate surface area is 162 Å². The summed E-state index contributed by atoms with van der Waals surface area (Å²) >= 11 is 0. The summed E-state index contributed by atoms with van der Waals surface area (Å²) < 4.78 is 25.6. The van der Waals surface area contributed by atoms with Crippen LogP contribution in [0.1, 0.15) is 49.5 Å². The predicted octanol–water partition coefficient (Wildman–Crippen LogP) is 4.46. The van der Waals surface area contributed by atoms with Crippen LogP contribution in [0.15, 0.2) is 48.5 Å². The summed E-state index contributed by atoms with van der Waals surface area (Å²) in [5, 5.41) is 2.87. The van der Waals surface area contributed by atoms with E-state index in [2.05, 4.69) is 12.2 Å². The van der Waals surface area contributed by atoms with Gasteiger partial charge in [0, 0.05) is 17.8 Å². The molecule has 6 heteroatoms. The van der Waals surface area contributed by atoms with E-state index in [1.807, 2.05) is 24.3 Å². The molecule has 0 bridgehead atoms. The van der Waals surface area contributed by atoms with Gasteiger partial charge < -0.3 is 5.32 Å². The van der Waals surface area contributed by atoms with Gasteiger partial charge in [0.2, 0.25) is 10.0 Å². The van der Waals surface area contributed by atoms with Gasteiger partial charge in [0.25, 0.3) is 5.91 Å². The lowest BCUT2D eigenvalue weighted by molar-refractivity contribution is 0.102. The van der Waals surface area contributed by atoms with Gasteiger partial charge in [-0.05, 0) is 68.7 Å². The number of sulfonamides is 1. The van der Waals surface area contributed by atoms with E-state index in [4.69, 9.17) is 0 Å². The van der Waals surface area contributed by atoms with Crippen molar-refractivity contribution in [3.63, 3.8) is 0 Å². The summed E-state index contributed by atoms with van der Waals surface area (Å²) in [7, 11) is -3.32. The Bertz CT molecular complexity index is 844. The molecule has 0 aliphatic rings. The molecule has 0 spiro atoms. The minimum atomic E-state index is -3.32. The van der Waals surface area contributed by atoms with Crippen molar-refractivity contribution in [1.82, 2.24) is 0 Å². The SMILES string of the molecule is CCCCc1ccc(NC(=O)c2ccc(N(CC)S(=O)(=O)CC)cc2)cc1. The van der Waals surface area contributed by atoms with E-state index in [9.17, 15) is 13.2 Å². The molecule has 1 amide bonds. The Hall–Kier alpha value is -2.34. The van der Waals surface area contributed by atoms with Crippen molar-refractivity contribution < 1.29 is 13.2 Å². The summed E-state index contributed by atoms with van der Waals surface area (Å²) in [5.41, 5.74) is 3.05. The van der Waals surface area contributed by atoms with Crippen LogP contribution in [-0.2, 0) is 16.4 Å². The molecule has 0 saturated carbocycles. The summed E-state index contributed by atoms with van der Waals surface area (Å²) in [6.45, 7) is 5.93. The van der Waals surface area contributed by atoms with Crippen molar-refractivity contribution in [3.05, 3.63) is 59.7 Å². The van der Waals surface area contributed by atoms with E-state index in [0.717, 1.165) is 24.9 Å². The van der Waals surface area contributed by atoms with Crippen LogP contribution in [0.5, 0.6) is 0 Å². The second-order valence-electron chi connectivity index (χ2n) is 6.37. The van der Waals surface area contributed by atoms with Crippen LogP contribution in [0.2, 0.25) is 0 Å². The Morgan fingerprint density at radius 1 is 0.963 bits per heavy atom. The number of unbranched alkanes of at least 4 members (excludes halogenated alkanes) is 1. The molecule has 2 rings (SSSR count). The van der Waals surface area contributed by atoms with E-state index in [-0.39, 0.29) is 11.7 Å². The molecule has 5 nitrogen and oxygen atoms in total. The summed E-state index contributed by atoms with van der Waals surface area (Å²) in [5.74, 6) is -0.179. The first-order valence-electron chi connectivity index (χ1n) is 9.42. The van der Waals surface area contributed by atoms with Crippen molar-refractivity contribution >= 4 is 27.3 Å². The van der Waals surface area contributed by atoms with Crippen LogP contribution in [-0.4, -0.2) is 26.6 Å². The Kier molecular flexibility index (Phi) is 7.42. The van der Waals surface area contributed by atoms with Crippen LogP contribution in [0.3, 0.4) is 0 Å². The van der Waals surface area contributed by atoms with Gasteiger partial charge in [0.05, 0.1) is 11.4 Å². The highest BCUT2D eigenvalue weighted by molar-refractivity contribution is 7.92. The van der Waals surface area contributed by atoms with E-state index in [1.165, 1.54) is 9.87 Å². The van der Waals surface area contributed by atoms with Gasteiger partial charge in [0.1, 0.15) is 0 Å². The molecule has 0 heterocycles. The number of hydrogen-bond donors (Lipinski definition) is 1. The predicted molar refractivity (Wildman–Crippen MR) is 112 cm³/mol. The van der Waals surface area contributed by atoms with Gasteiger partial charge in [-0.15, -0.1) is 0 Å². The number of nitrogens with zero attached hydrogens (tertiary/aromatic N) is 1. The van der Waals surface area contributed by atoms with E-state index in [0.29, 0.717) is 17.8 Å². The van der Waals surface area contributed by atoms with Gasteiger partial charge in [0.15, 0.2) is 0 Å². The van der Waals surface area contributed by atoms with E-state index in [1.54, 1.807) is 38.1 Å². The fourth-order valence-corrected chi connectivity index (χ4v) is 3.96.